The summed E-state index contributed by atoms with van der Waals surface area (Å²) >= 11 is 0. The Morgan fingerprint density at radius 2 is 1.83 bits per heavy atom. The Bertz CT molecular complexity index is 1250. The van der Waals surface area contributed by atoms with Crippen molar-refractivity contribution in [3.05, 3.63) is 52.8 Å². The minimum atomic E-state index is -0.219. The molecular weight excluding hydrogens is 456 g/mol. The molecule has 1 aromatic heterocycles. The van der Waals surface area contributed by atoms with Gasteiger partial charge in [0.05, 0.1) is 18.5 Å². The summed E-state index contributed by atoms with van der Waals surface area (Å²) in [7, 11) is 5.08. The molecule has 0 fully saturated rings. The van der Waals surface area contributed by atoms with Gasteiger partial charge in [-0.1, -0.05) is 23.8 Å². The Morgan fingerprint density at radius 3 is 2.42 bits per heavy atom. The number of methoxy groups -OCH3 is 1. The summed E-state index contributed by atoms with van der Waals surface area (Å²) in [5, 5.41) is 4.80. The van der Waals surface area contributed by atoms with Crippen LogP contribution in [0.1, 0.15) is 56.2 Å². The van der Waals surface area contributed by atoms with Crippen LogP contribution in [0.3, 0.4) is 0 Å². The lowest BCUT2D eigenvalue weighted by atomic mass is 9.98. The second-order valence-electron chi connectivity index (χ2n) is 9.07. The molecule has 1 aromatic carbocycles. The van der Waals surface area contributed by atoms with E-state index < -0.39 is 0 Å². The van der Waals surface area contributed by atoms with Crippen LogP contribution < -0.4 is 9.47 Å². The van der Waals surface area contributed by atoms with Crippen molar-refractivity contribution in [2.75, 3.05) is 34.3 Å². The van der Waals surface area contributed by atoms with E-state index in [0.717, 1.165) is 39.4 Å². The molecule has 1 aliphatic heterocycles. The van der Waals surface area contributed by atoms with Crippen molar-refractivity contribution in [2.24, 2.45) is 0 Å². The van der Waals surface area contributed by atoms with Gasteiger partial charge in [0.2, 0.25) is 5.91 Å². The van der Waals surface area contributed by atoms with Gasteiger partial charge in [0, 0.05) is 56.9 Å². The number of rotatable bonds is 8. The molecular formula is C28H36N4O4. The maximum atomic E-state index is 13.5. The van der Waals surface area contributed by atoms with Gasteiger partial charge < -0.3 is 19.3 Å². The van der Waals surface area contributed by atoms with Gasteiger partial charge in [0.15, 0.2) is 5.69 Å². The molecule has 36 heavy (non-hydrogen) atoms. The smallest absolute Gasteiger partial charge is 0.274 e. The monoisotopic (exact) mass is 492 g/mol. The van der Waals surface area contributed by atoms with Crippen LogP contribution >= 0.6 is 0 Å². The highest BCUT2D eigenvalue weighted by Gasteiger charge is 2.32. The number of ether oxygens (including phenoxy) is 2. The van der Waals surface area contributed by atoms with E-state index in [-0.39, 0.29) is 18.4 Å². The molecule has 8 heteroatoms. The van der Waals surface area contributed by atoms with Crippen LogP contribution in [0.25, 0.3) is 23.0 Å². The van der Waals surface area contributed by atoms with E-state index in [2.05, 4.69) is 6.08 Å². The van der Waals surface area contributed by atoms with Gasteiger partial charge in [0.1, 0.15) is 18.1 Å². The van der Waals surface area contributed by atoms with Crippen LogP contribution in [0.15, 0.2) is 35.9 Å². The predicted molar refractivity (Wildman–Crippen MR) is 143 cm³/mol. The molecule has 0 saturated carbocycles. The summed E-state index contributed by atoms with van der Waals surface area (Å²) in [5.41, 5.74) is 5.65. The van der Waals surface area contributed by atoms with Crippen LogP contribution in [0, 0.1) is 0 Å². The van der Waals surface area contributed by atoms with Crippen LogP contribution in [0.4, 0.5) is 0 Å². The zero-order chi connectivity index (χ0) is 26.6. The number of nitrogens with zero attached hydrogens (tertiary/aromatic N) is 4. The molecule has 0 aliphatic carbocycles. The third-order valence-corrected chi connectivity index (χ3v) is 6.12. The van der Waals surface area contributed by atoms with Crippen molar-refractivity contribution in [1.29, 1.82) is 0 Å². The van der Waals surface area contributed by atoms with E-state index >= 15 is 0 Å². The third-order valence-electron chi connectivity index (χ3n) is 6.12. The number of carbonyl (C=O) groups excluding carboxylic acids is 2. The minimum Gasteiger partial charge on any atom is -0.496 e. The summed E-state index contributed by atoms with van der Waals surface area (Å²) in [6.45, 7) is 10.5. The minimum absolute atomic E-state index is 0.0470. The zero-order valence-corrected chi connectivity index (χ0v) is 22.5. The lowest BCUT2D eigenvalue weighted by molar-refractivity contribution is -0.127. The Morgan fingerprint density at radius 1 is 1.14 bits per heavy atom. The van der Waals surface area contributed by atoms with Crippen LogP contribution in [-0.4, -0.2) is 65.7 Å². The molecule has 2 amide bonds. The SMILES string of the molecule is C/C=C\C(=C/C)n1nc(C(=O)N(C)CCN(C)C(C)=O)c2c1-c1cc(C=C(C)C)c(OC)cc1OC2. The number of allylic oxidation sites excluding steroid dienone is 5. The molecule has 0 atom stereocenters. The van der Waals surface area contributed by atoms with E-state index in [9.17, 15) is 9.59 Å². The van der Waals surface area contributed by atoms with Crippen molar-refractivity contribution >= 4 is 23.6 Å². The number of carbonyl (C=O) groups is 2. The van der Waals surface area contributed by atoms with Gasteiger partial charge in [-0.3, -0.25) is 9.59 Å². The number of hydrogen-bond acceptors (Lipinski definition) is 5. The second-order valence-corrected chi connectivity index (χ2v) is 9.07. The molecule has 3 rings (SSSR count). The number of likely N-dealkylation sites (N-methyl/N-ethyl adjacent to an activating group) is 2. The fourth-order valence-corrected chi connectivity index (χ4v) is 4.05. The standard InChI is InChI=1S/C28H36N4O4/c1-9-11-21(10-2)32-27-22-15-20(14-18(3)4)24(35-8)16-25(22)36-17-23(27)26(29-32)28(34)31(7)13-12-30(6)19(5)33/h9-11,14-16H,12-13,17H2,1-8H3/b11-9-,21-10+. The highest BCUT2D eigenvalue weighted by atomic mass is 16.5. The zero-order valence-electron chi connectivity index (χ0n) is 22.5. The number of fused-ring (bicyclic) bond motifs is 3. The summed E-state index contributed by atoms with van der Waals surface area (Å²) < 4.78 is 13.6. The first-order valence-electron chi connectivity index (χ1n) is 12.0. The molecule has 2 aromatic rings. The van der Waals surface area contributed by atoms with Crippen LogP contribution in [0.2, 0.25) is 0 Å². The topological polar surface area (TPSA) is 76.9 Å². The number of aromatic nitrogens is 2. The first kappa shape index (κ1) is 26.8. The predicted octanol–water partition coefficient (Wildman–Crippen LogP) is 4.86. The van der Waals surface area contributed by atoms with Crippen LogP contribution in [0.5, 0.6) is 11.5 Å². The Labute approximate surface area is 213 Å². The average molecular weight is 493 g/mol. The number of benzene rings is 1. The number of hydrogen-bond donors (Lipinski definition) is 0. The molecule has 0 radical (unpaired) electrons. The lowest BCUT2D eigenvalue weighted by Crippen LogP contribution is -2.37. The summed E-state index contributed by atoms with van der Waals surface area (Å²) in [4.78, 5) is 28.3. The summed E-state index contributed by atoms with van der Waals surface area (Å²) in [5.74, 6) is 1.13. The van der Waals surface area contributed by atoms with Crippen LogP contribution in [-0.2, 0) is 11.4 Å². The van der Waals surface area contributed by atoms with E-state index in [0.29, 0.717) is 24.5 Å². The molecule has 0 spiro atoms. The molecule has 0 saturated heterocycles. The fraction of sp³-hybridized carbons (Fsp3) is 0.393. The molecule has 0 unspecified atom stereocenters. The summed E-state index contributed by atoms with van der Waals surface area (Å²) in [6, 6.07) is 3.92. The van der Waals surface area contributed by atoms with Gasteiger partial charge in [0.25, 0.3) is 5.91 Å². The second kappa shape index (κ2) is 11.3. The van der Waals surface area contributed by atoms with E-state index in [1.807, 2.05) is 62.7 Å². The van der Waals surface area contributed by atoms with Gasteiger partial charge in [-0.05, 0) is 39.8 Å². The highest BCUT2D eigenvalue weighted by molar-refractivity contribution is 5.97. The van der Waals surface area contributed by atoms with Gasteiger partial charge in [-0.25, -0.2) is 4.68 Å². The maximum absolute atomic E-state index is 13.5. The molecule has 192 valence electrons. The molecule has 0 N–H and O–H groups in total. The Hall–Kier alpha value is -3.81. The Kier molecular flexibility index (Phi) is 8.40. The van der Waals surface area contributed by atoms with Gasteiger partial charge in [-0.2, -0.15) is 5.10 Å². The molecule has 1 aliphatic rings. The molecule has 8 nitrogen and oxygen atoms in total. The van der Waals surface area contributed by atoms with E-state index in [1.54, 1.807) is 31.0 Å². The quantitative estimate of drug-likeness (QED) is 0.492. The normalized spacial score (nSPS) is 12.5. The van der Waals surface area contributed by atoms with Gasteiger partial charge in [-0.15, -0.1) is 0 Å². The van der Waals surface area contributed by atoms with Crippen molar-refractivity contribution in [1.82, 2.24) is 19.6 Å². The first-order valence-corrected chi connectivity index (χ1v) is 12.0. The van der Waals surface area contributed by atoms with Crippen molar-refractivity contribution in [3.63, 3.8) is 0 Å². The number of amides is 2. The average Bonchev–Trinajstić information content (AvgIpc) is 3.24. The summed E-state index contributed by atoms with van der Waals surface area (Å²) in [6.07, 6.45) is 7.92. The molecule has 2 heterocycles. The highest BCUT2D eigenvalue weighted by Crippen LogP contribution is 2.44. The van der Waals surface area contributed by atoms with Gasteiger partial charge >= 0.3 is 0 Å². The van der Waals surface area contributed by atoms with Crippen molar-refractivity contribution in [2.45, 2.75) is 41.2 Å². The largest absolute Gasteiger partial charge is 0.496 e. The Balaban J connectivity index is 2.18. The fourth-order valence-electron chi connectivity index (χ4n) is 4.05. The van der Waals surface area contributed by atoms with E-state index in [1.165, 1.54) is 6.92 Å². The maximum Gasteiger partial charge on any atom is 0.274 e. The lowest BCUT2D eigenvalue weighted by Gasteiger charge is -2.23. The third kappa shape index (κ3) is 5.37. The van der Waals surface area contributed by atoms with Crippen molar-refractivity contribution < 1.29 is 19.1 Å². The van der Waals surface area contributed by atoms with E-state index in [4.69, 9.17) is 14.6 Å². The van der Waals surface area contributed by atoms with Crippen molar-refractivity contribution in [3.8, 4) is 22.8 Å². The first-order chi connectivity index (χ1) is 17.1. The molecule has 0 bridgehead atoms.